The highest BCUT2D eigenvalue weighted by molar-refractivity contribution is 5.90. The van der Waals surface area contributed by atoms with Gasteiger partial charge >= 0.3 is 24.0 Å². The Morgan fingerprint density at radius 1 is 0.800 bits per heavy atom. The van der Waals surface area contributed by atoms with Crippen LogP contribution in [0.2, 0.25) is 0 Å². The summed E-state index contributed by atoms with van der Waals surface area (Å²) in [6.07, 6.45) is -0.835. The first-order valence-electron chi connectivity index (χ1n) is 19.3. The largest absolute Gasteiger partial charge is 0.458 e. The molecular formula is C42H59N3O10. The molecule has 1 aliphatic heterocycles. The standard InChI is InChI=1S/C42H59N3O10/c1-28(2)24-34(39(48)53-29(3)38(47)52-27-32-12-10-9-11-13-32)43(7)37(46)36(26-31-16-18-33(19-17-31)45-20-22-51-23-21-45)54-40(49)35(25-30-14-15-30)44(8)41(50)55-42(4,5)6/h9-13,16-19,28-30,34-36H,14-15,20-27H2,1-8H3/t29-,34+,35+,36-/m1/s1. The highest BCUT2D eigenvalue weighted by atomic mass is 16.6. The predicted molar refractivity (Wildman–Crippen MR) is 206 cm³/mol. The predicted octanol–water partition coefficient (Wildman–Crippen LogP) is 5.56. The van der Waals surface area contributed by atoms with Crippen molar-refractivity contribution in [2.75, 3.05) is 45.3 Å². The molecule has 0 aromatic heterocycles. The van der Waals surface area contributed by atoms with Gasteiger partial charge in [-0.15, -0.1) is 0 Å². The average Bonchev–Trinajstić information content (AvgIpc) is 3.98. The third-order valence-electron chi connectivity index (χ3n) is 9.57. The summed E-state index contributed by atoms with van der Waals surface area (Å²) in [5.74, 6) is -2.69. The molecular weight excluding hydrogens is 706 g/mol. The van der Waals surface area contributed by atoms with Crippen molar-refractivity contribution in [1.82, 2.24) is 9.80 Å². The Kier molecular flexibility index (Phi) is 15.5. The maximum Gasteiger partial charge on any atom is 0.410 e. The summed E-state index contributed by atoms with van der Waals surface area (Å²) in [5.41, 5.74) is 1.73. The molecule has 1 aliphatic carbocycles. The monoisotopic (exact) mass is 765 g/mol. The minimum absolute atomic E-state index is 0.0102. The van der Waals surface area contributed by atoms with Crippen LogP contribution in [0.5, 0.6) is 0 Å². The summed E-state index contributed by atoms with van der Waals surface area (Å²) in [4.78, 5) is 72.9. The van der Waals surface area contributed by atoms with Crippen LogP contribution in [-0.2, 0) is 55.9 Å². The van der Waals surface area contributed by atoms with Gasteiger partial charge in [-0.2, -0.15) is 0 Å². The van der Waals surface area contributed by atoms with Crippen molar-refractivity contribution >= 4 is 35.6 Å². The number of morpholine rings is 1. The molecule has 0 bridgehead atoms. The van der Waals surface area contributed by atoms with E-state index in [1.54, 1.807) is 20.8 Å². The number of carbonyl (C=O) groups excluding carboxylic acids is 5. The van der Waals surface area contributed by atoms with Gasteiger partial charge in [0.15, 0.2) is 12.2 Å². The molecule has 0 radical (unpaired) electrons. The molecule has 0 unspecified atom stereocenters. The summed E-state index contributed by atoms with van der Waals surface area (Å²) >= 11 is 0. The van der Waals surface area contributed by atoms with Crippen molar-refractivity contribution in [1.29, 1.82) is 0 Å². The third-order valence-corrected chi connectivity index (χ3v) is 9.57. The van der Waals surface area contributed by atoms with Gasteiger partial charge in [-0.25, -0.2) is 19.2 Å². The van der Waals surface area contributed by atoms with Gasteiger partial charge in [0.1, 0.15) is 24.3 Å². The number of esters is 3. The van der Waals surface area contributed by atoms with Crippen LogP contribution in [0.1, 0.15) is 78.4 Å². The van der Waals surface area contributed by atoms with Crippen LogP contribution in [0.15, 0.2) is 54.6 Å². The summed E-state index contributed by atoms with van der Waals surface area (Å²) < 4.78 is 28.1. The molecule has 4 rings (SSSR count). The Bertz CT molecular complexity index is 1580. The Morgan fingerprint density at radius 3 is 2.00 bits per heavy atom. The minimum atomic E-state index is -1.35. The van der Waals surface area contributed by atoms with Gasteiger partial charge in [-0.05, 0) is 75.6 Å². The Hall–Kier alpha value is -4.65. The fourth-order valence-electron chi connectivity index (χ4n) is 6.21. The van der Waals surface area contributed by atoms with Gasteiger partial charge < -0.3 is 33.5 Å². The van der Waals surface area contributed by atoms with Gasteiger partial charge in [-0.1, -0.05) is 69.2 Å². The average molecular weight is 766 g/mol. The lowest BCUT2D eigenvalue weighted by Crippen LogP contribution is -2.52. The van der Waals surface area contributed by atoms with Crippen molar-refractivity contribution in [3.05, 3.63) is 65.7 Å². The van der Waals surface area contributed by atoms with E-state index in [9.17, 15) is 24.0 Å². The Balaban J connectivity index is 1.56. The number of ether oxygens (including phenoxy) is 5. The van der Waals surface area contributed by atoms with Gasteiger partial charge in [0.05, 0.1) is 13.2 Å². The van der Waals surface area contributed by atoms with Crippen LogP contribution in [-0.4, -0.2) is 110 Å². The van der Waals surface area contributed by atoms with Gasteiger partial charge in [0, 0.05) is 39.3 Å². The molecule has 0 spiro atoms. The fourth-order valence-corrected chi connectivity index (χ4v) is 6.21. The van der Waals surface area contributed by atoms with Gasteiger partial charge in [0.25, 0.3) is 5.91 Å². The van der Waals surface area contributed by atoms with Gasteiger partial charge in [0.2, 0.25) is 0 Å². The Labute approximate surface area is 325 Å². The number of anilines is 1. The zero-order chi connectivity index (χ0) is 40.3. The first kappa shape index (κ1) is 43.1. The zero-order valence-corrected chi connectivity index (χ0v) is 33.7. The van der Waals surface area contributed by atoms with Crippen LogP contribution in [0.3, 0.4) is 0 Å². The summed E-state index contributed by atoms with van der Waals surface area (Å²) in [7, 11) is 2.96. The second kappa shape index (κ2) is 19.8. The number of hydrogen-bond acceptors (Lipinski definition) is 11. The van der Waals surface area contributed by atoms with Crippen LogP contribution in [0.4, 0.5) is 10.5 Å². The number of benzene rings is 2. The number of likely N-dealkylation sites (N-methyl/N-ethyl adjacent to an activating group) is 2. The van der Waals surface area contributed by atoms with Crippen LogP contribution in [0.25, 0.3) is 0 Å². The van der Waals surface area contributed by atoms with Crippen molar-refractivity contribution in [3.8, 4) is 0 Å². The topological polar surface area (TPSA) is 141 Å². The Morgan fingerprint density at radius 2 is 1.42 bits per heavy atom. The van der Waals surface area contributed by atoms with Crippen molar-refractivity contribution in [3.63, 3.8) is 0 Å². The summed E-state index contributed by atoms with van der Waals surface area (Å²) in [6, 6.07) is 14.7. The highest BCUT2D eigenvalue weighted by Gasteiger charge is 2.41. The van der Waals surface area contributed by atoms with Crippen LogP contribution >= 0.6 is 0 Å². The first-order chi connectivity index (χ1) is 26.0. The van der Waals surface area contributed by atoms with E-state index in [1.807, 2.05) is 68.4 Å². The smallest absolute Gasteiger partial charge is 0.410 e. The van der Waals surface area contributed by atoms with E-state index in [1.165, 1.54) is 30.8 Å². The fraction of sp³-hybridized carbons (Fsp3) is 0.595. The minimum Gasteiger partial charge on any atom is -0.458 e. The van der Waals surface area contributed by atoms with E-state index >= 15 is 0 Å². The molecule has 2 aromatic carbocycles. The molecule has 2 amide bonds. The first-order valence-corrected chi connectivity index (χ1v) is 19.3. The molecule has 1 saturated carbocycles. The molecule has 2 aromatic rings. The van der Waals surface area contributed by atoms with E-state index < -0.39 is 59.8 Å². The second-order valence-electron chi connectivity index (χ2n) is 15.9. The number of rotatable bonds is 17. The maximum absolute atomic E-state index is 14.5. The SMILES string of the molecule is CC(C)C[C@@H](C(=O)O[C@H](C)C(=O)OCc1ccccc1)N(C)C(=O)[C@@H](Cc1ccc(N2CCOCC2)cc1)OC(=O)[C@H](CC1CC1)N(C)C(=O)OC(C)(C)C. The number of hydrogen-bond donors (Lipinski definition) is 0. The number of nitrogens with zero attached hydrogens (tertiary/aromatic N) is 3. The number of carbonyl (C=O) groups is 5. The van der Waals surface area contributed by atoms with Crippen LogP contribution < -0.4 is 4.90 Å². The lowest BCUT2D eigenvalue weighted by Gasteiger charge is -2.33. The quantitative estimate of drug-likeness (QED) is 0.148. The summed E-state index contributed by atoms with van der Waals surface area (Å²) in [5, 5.41) is 0. The van der Waals surface area contributed by atoms with E-state index in [4.69, 9.17) is 23.7 Å². The lowest BCUT2D eigenvalue weighted by molar-refractivity contribution is -0.174. The molecule has 302 valence electrons. The normalized spacial score (nSPS) is 16.6. The molecule has 13 heteroatoms. The van der Waals surface area contributed by atoms with Crippen molar-refractivity contribution in [2.45, 2.75) is 110 Å². The molecule has 13 nitrogen and oxygen atoms in total. The summed E-state index contributed by atoms with van der Waals surface area (Å²) in [6.45, 7) is 13.3. The van der Waals surface area contributed by atoms with Crippen molar-refractivity contribution < 1.29 is 47.7 Å². The maximum atomic E-state index is 14.5. The lowest BCUT2D eigenvalue weighted by atomic mass is 10.0. The molecule has 1 heterocycles. The molecule has 1 saturated heterocycles. The molecule has 4 atom stereocenters. The van der Waals surface area contributed by atoms with E-state index in [2.05, 4.69) is 4.90 Å². The second-order valence-corrected chi connectivity index (χ2v) is 15.9. The third kappa shape index (κ3) is 13.6. The van der Waals surface area contributed by atoms with E-state index in [0.717, 1.165) is 42.7 Å². The van der Waals surface area contributed by atoms with E-state index in [0.29, 0.717) is 19.6 Å². The molecule has 2 fully saturated rings. The van der Waals surface area contributed by atoms with E-state index in [-0.39, 0.29) is 31.3 Å². The molecule has 55 heavy (non-hydrogen) atoms. The zero-order valence-electron chi connectivity index (χ0n) is 33.7. The van der Waals surface area contributed by atoms with Gasteiger partial charge in [-0.3, -0.25) is 9.69 Å². The van der Waals surface area contributed by atoms with Crippen molar-refractivity contribution in [2.24, 2.45) is 11.8 Å². The number of amides is 2. The molecule has 2 aliphatic rings. The highest BCUT2D eigenvalue weighted by Crippen LogP contribution is 2.35. The molecule has 0 N–H and O–H groups in total. The van der Waals surface area contributed by atoms with Crippen LogP contribution in [0, 0.1) is 11.8 Å².